The van der Waals surface area contributed by atoms with E-state index in [1.807, 2.05) is 6.92 Å². The first-order valence-corrected chi connectivity index (χ1v) is 8.31. The molecule has 2 rings (SSSR count). The van der Waals surface area contributed by atoms with E-state index in [9.17, 15) is 13.2 Å². The maximum absolute atomic E-state index is 11.9. The number of hydrogen-bond donors (Lipinski definition) is 1. The predicted molar refractivity (Wildman–Crippen MR) is 78.5 cm³/mol. The van der Waals surface area contributed by atoms with Gasteiger partial charge in [0, 0.05) is 17.5 Å². The summed E-state index contributed by atoms with van der Waals surface area (Å²) in [5.41, 5.74) is 0.421. The van der Waals surface area contributed by atoms with Crippen molar-refractivity contribution >= 4 is 21.4 Å². The third-order valence-electron chi connectivity index (χ3n) is 2.85. The highest BCUT2D eigenvalue weighted by Gasteiger charge is 2.19. The Morgan fingerprint density at radius 2 is 2.10 bits per heavy atom. The van der Waals surface area contributed by atoms with E-state index in [1.54, 1.807) is 19.1 Å². The average molecular weight is 313 g/mol. The molecule has 1 N–H and O–H groups in total. The van der Waals surface area contributed by atoms with E-state index in [0.29, 0.717) is 17.1 Å². The molecular weight excluding hydrogens is 298 g/mol. The van der Waals surface area contributed by atoms with Crippen molar-refractivity contribution in [3.05, 3.63) is 33.4 Å². The Morgan fingerprint density at radius 3 is 2.70 bits per heavy atom. The first kappa shape index (κ1) is 14.9. The number of nitrogens with zero attached hydrogens (tertiary/aromatic N) is 2. The number of sulfonamides is 1. The van der Waals surface area contributed by atoms with Gasteiger partial charge in [0.1, 0.15) is 5.69 Å². The van der Waals surface area contributed by atoms with Gasteiger partial charge in [-0.05, 0) is 33.0 Å². The van der Waals surface area contributed by atoms with Crippen molar-refractivity contribution in [2.45, 2.75) is 25.3 Å². The average Bonchev–Trinajstić information content (AvgIpc) is 2.82. The molecule has 0 aliphatic heterocycles. The van der Waals surface area contributed by atoms with Crippen LogP contribution in [0, 0.1) is 6.92 Å². The van der Waals surface area contributed by atoms with Crippen molar-refractivity contribution in [2.75, 3.05) is 7.05 Å². The van der Waals surface area contributed by atoms with Gasteiger partial charge in [-0.2, -0.15) is 5.10 Å². The minimum absolute atomic E-state index is 0.174. The first-order valence-electron chi connectivity index (χ1n) is 6.01. The monoisotopic (exact) mass is 313 g/mol. The maximum atomic E-state index is 11.9. The van der Waals surface area contributed by atoms with Crippen LogP contribution < -0.4 is 10.3 Å². The predicted octanol–water partition coefficient (Wildman–Crippen LogP) is 1.21. The van der Waals surface area contributed by atoms with Crippen LogP contribution in [-0.2, 0) is 16.6 Å². The Kier molecular flexibility index (Phi) is 4.07. The molecule has 0 aliphatic carbocycles. The van der Waals surface area contributed by atoms with Crippen molar-refractivity contribution in [3.63, 3.8) is 0 Å². The fourth-order valence-corrected chi connectivity index (χ4v) is 4.05. The largest absolute Gasteiger partial charge is 0.268 e. The molecule has 6 nitrogen and oxygen atoms in total. The van der Waals surface area contributed by atoms with Crippen LogP contribution in [0.4, 0.5) is 0 Å². The molecule has 2 heterocycles. The smallest absolute Gasteiger partial charge is 0.266 e. The van der Waals surface area contributed by atoms with Crippen LogP contribution in [0.3, 0.4) is 0 Å². The lowest BCUT2D eigenvalue weighted by Gasteiger charge is -2.02. The zero-order chi connectivity index (χ0) is 14.9. The van der Waals surface area contributed by atoms with Crippen LogP contribution in [0.25, 0.3) is 10.6 Å². The van der Waals surface area contributed by atoms with Crippen molar-refractivity contribution in [1.29, 1.82) is 0 Å². The quantitative estimate of drug-likeness (QED) is 0.920. The molecule has 0 spiro atoms. The van der Waals surface area contributed by atoms with Crippen molar-refractivity contribution < 1.29 is 8.42 Å². The fourth-order valence-electron chi connectivity index (χ4n) is 1.78. The topological polar surface area (TPSA) is 81.1 Å². The minimum Gasteiger partial charge on any atom is -0.268 e. The number of rotatable bonds is 4. The third kappa shape index (κ3) is 2.67. The number of hydrogen-bond acceptors (Lipinski definition) is 5. The maximum Gasteiger partial charge on any atom is 0.266 e. The van der Waals surface area contributed by atoms with Crippen LogP contribution in [0.15, 0.2) is 27.9 Å². The molecule has 0 bridgehead atoms. The normalized spacial score (nSPS) is 11.8. The van der Waals surface area contributed by atoms with Crippen LogP contribution in [0.2, 0.25) is 0 Å². The number of aryl methyl sites for hydroxylation is 2. The van der Waals surface area contributed by atoms with Gasteiger partial charge in [-0.25, -0.2) is 17.8 Å². The van der Waals surface area contributed by atoms with Crippen LogP contribution in [0.5, 0.6) is 0 Å². The number of thiophene rings is 1. The van der Waals surface area contributed by atoms with Gasteiger partial charge in [-0.1, -0.05) is 0 Å². The fraction of sp³-hybridized carbons (Fsp3) is 0.333. The summed E-state index contributed by atoms with van der Waals surface area (Å²) < 4.78 is 27.4. The highest BCUT2D eigenvalue weighted by atomic mass is 32.2. The van der Waals surface area contributed by atoms with E-state index in [4.69, 9.17) is 0 Å². The molecule has 0 atom stereocenters. The summed E-state index contributed by atoms with van der Waals surface area (Å²) in [5, 5.41) is 4.22. The summed E-state index contributed by atoms with van der Waals surface area (Å²) in [5.74, 6) is 0. The van der Waals surface area contributed by atoms with Gasteiger partial charge in [-0.3, -0.25) is 4.79 Å². The second-order valence-corrected chi connectivity index (χ2v) is 7.22. The molecule has 2 aromatic heterocycles. The van der Waals surface area contributed by atoms with Gasteiger partial charge in [0.2, 0.25) is 10.0 Å². The lowest BCUT2D eigenvalue weighted by molar-refractivity contribution is 0.588. The third-order valence-corrected chi connectivity index (χ3v) is 5.59. The van der Waals surface area contributed by atoms with Gasteiger partial charge in [0.15, 0.2) is 0 Å². The SMILES string of the molecule is CCn1nc(-c2cc(S(=O)(=O)NC)c(C)s2)ccc1=O. The zero-order valence-electron chi connectivity index (χ0n) is 11.4. The van der Waals surface area contributed by atoms with Crippen molar-refractivity contribution in [2.24, 2.45) is 0 Å². The lowest BCUT2D eigenvalue weighted by Crippen LogP contribution is -2.20. The molecule has 8 heteroatoms. The number of aromatic nitrogens is 2. The van der Waals surface area contributed by atoms with E-state index in [-0.39, 0.29) is 10.5 Å². The van der Waals surface area contributed by atoms with E-state index in [1.165, 1.54) is 29.1 Å². The van der Waals surface area contributed by atoms with Gasteiger partial charge < -0.3 is 0 Å². The standard InChI is InChI=1S/C12H15N3O3S2/c1-4-15-12(16)6-5-9(14-15)10-7-11(8(2)19-10)20(17,18)13-3/h5-7,13H,4H2,1-3H3. The Labute approximate surface area is 121 Å². The summed E-state index contributed by atoms with van der Waals surface area (Å²) in [7, 11) is -2.10. The highest BCUT2D eigenvalue weighted by Crippen LogP contribution is 2.31. The molecule has 0 aromatic carbocycles. The zero-order valence-corrected chi connectivity index (χ0v) is 13.0. The Morgan fingerprint density at radius 1 is 1.40 bits per heavy atom. The molecule has 0 saturated heterocycles. The molecule has 0 amide bonds. The summed E-state index contributed by atoms with van der Waals surface area (Å²) in [4.78, 5) is 13.2. The summed E-state index contributed by atoms with van der Waals surface area (Å²) in [6, 6.07) is 4.63. The summed E-state index contributed by atoms with van der Waals surface area (Å²) in [6.45, 7) is 4.04. The Bertz CT molecular complexity index is 791. The van der Waals surface area contributed by atoms with Crippen LogP contribution >= 0.6 is 11.3 Å². The molecule has 0 saturated carbocycles. The Hall–Kier alpha value is -1.51. The first-order chi connectivity index (χ1) is 9.39. The molecule has 20 heavy (non-hydrogen) atoms. The van der Waals surface area contributed by atoms with Gasteiger partial charge in [0.25, 0.3) is 5.56 Å². The van der Waals surface area contributed by atoms with Crippen molar-refractivity contribution in [3.8, 4) is 10.6 Å². The molecule has 2 aromatic rings. The lowest BCUT2D eigenvalue weighted by atomic mass is 10.3. The van der Waals surface area contributed by atoms with Crippen LogP contribution in [-0.4, -0.2) is 25.2 Å². The highest BCUT2D eigenvalue weighted by molar-refractivity contribution is 7.89. The van der Waals surface area contributed by atoms with Crippen LogP contribution in [0.1, 0.15) is 11.8 Å². The summed E-state index contributed by atoms with van der Waals surface area (Å²) >= 11 is 1.34. The molecule has 108 valence electrons. The van der Waals surface area contributed by atoms with E-state index in [0.717, 1.165) is 4.88 Å². The van der Waals surface area contributed by atoms with E-state index in [2.05, 4.69) is 9.82 Å². The summed E-state index contributed by atoms with van der Waals surface area (Å²) in [6.07, 6.45) is 0. The number of nitrogens with one attached hydrogen (secondary N) is 1. The molecule has 0 fully saturated rings. The van der Waals surface area contributed by atoms with E-state index >= 15 is 0 Å². The van der Waals surface area contributed by atoms with E-state index < -0.39 is 10.0 Å². The van der Waals surface area contributed by atoms with Gasteiger partial charge >= 0.3 is 0 Å². The minimum atomic E-state index is -3.48. The molecule has 0 radical (unpaired) electrons. The second-order valence-electron chi connectivity index (χ2n) is 4.11. The van der Waals surface area contributed by atoms with Crippen molar-refractivity contribution in [1.82, 2.24) is 14.5 Å². The second kappa shape index (κ2) is 5.47. The Balaban J connectivity index is 2.56. The molecule has 0 unspecified atom stereocenters. The van der Waals surface area contributed by atoms with Gasteiger partial charge in [-0.15, -0.1) is 11.3 Å². The van der Waals surface area contributed by atoms with Gasteiger partial charge in [0.05, 0.1) is 9.77 Å². The molecule has 0 aliphatic rings. The molecular formula is C12H15N3O3S2.